The van der Waals surface area contributed by atoms with E-state index in [2.05, 4.69) is 19.1 Å². The van der Waals surface area contributed by atoms with E-state index in [1.165, 1.54) is 70.6 Å². The molecule has 126 valence electrons. The molecule has 0 aromatic heterocycles. The number of carbonyl (C=O) groups is 1. The molecule has 2 N–H and O–H groups in total. The number of unbranched alkanes of at least 4 members (excludes halogenated alkanes) is 11. The van der Waals surface area contributed by atoms with E-state index >= 15 is 0 Å². The van der Waals surface area contributed by atoms with E-state index in [1.807, 2.05) is 0 Å². The molecule has 0 bridgehead atoms. The molecule has 0 aliphatic rings. The molecule has 0 saturated carbocycles. The van der Waals surface area contributed by atoms with Gasteiger partial charge < -0.3 is 5.73 Å². The Hall–Kier alpha value is -0.271. The van der Waals surface area contributed by atoms with Gasteiger partial charge in [-0.2, -0.15) is 0 Å². The maximum atomic E-state index is 10.5. The van der Waals surface area contributed by atoms with Crippen molar-refractivity contribution in [2.75, 3.05) is 0 Å². The second-order valence-electron chi connectivity index (χ2n) is 5.80. The van der Waals surface area contributed by atoms with E-state index < -0.39 is 0 Å². The molecule has 0 aliphatic carbocycles. The second kappa shape index (κ2) is 19.7. The van der Waals surface area contributed by atoms with Gasteiger partial charge in [-0.1, -0.05) is 70.4 Å². The number of rotatable bonds is 15. The van der Waals surface area contributed by atoms with Gasteiger partial charge >= 0.3 is 17.1 Å². The number of primary amides is 1. The zero-order chi connectivity index (χ0) is 14.9. The zero-order valence-electron chi connectivity index (χ0n) is 14.0. The van der Waals surface area contributed by atoms with E-state index in [1.54, 1.807) is 0 Å². The normalized spacial score (nSPS) is 10.7. The SMILES string of the molecule is CCCCCCCC/C=C\CCCCCCCC(N)=O.[SeH2]. The molecule has 0 heterocycles. The van der Waals surface area contributed by atoms with Crippen LogP contribution in [-0.4, -0.2) is 23.0 Å². The maximum absolute atomic E-state index is 10.5. The summed E-state index contributed by atoms with van der Waals surface area (Å²) in [5.41, 5.74) is 5.10. The number of carbonyl (C=O) groups excluding carboxylic acids is 1. The summed E-state index contributed by atoms with van der Waals surface area (Å²) in [6.45, 7) is 2.26. The quantitative estimate of drug-likeness (QED) is 0.258. The summed E-state index contributed by atoms with van der Waals surface area (Å²) in [7, 11) is 0. The molecular weight excluding hydrogens is 325 g/mol. The first-order valence-electron chi connectivity index (χ1n) is 8.70. The minimum absolute atomic E-state index is 0. The summed E-state index contributed by atoms with van der Waals surface area (Å²) < 4.78 is 0. The van der Waals surface area contributed by atoms with Gasteiger partial charge in [-0.05, 0) is 32.1 Å². The van der Waals surface area contributed by atoms with E-state index in [-0.39, 0.29) is 23.0 Å². The van der Waals surface area contributed by atoms with Crippen LogP contribution >= 0.6 is 0 Å². The van der Waals surface area contributed by atoms with Crippen LogP contribution in [0.5, 0.6) is 0 Å². The van der Waals surface area contributed by atoms with Crippen LogP contribution in [0.15, 0.2) is 12.2 Å². The summed E-state index contributed by atoms with van der Waals surface area (Å²) >= 11 is 0. The van der Waals surface area contributed by atoms with Crippen LogP contribution < -0.4 is 5.73 Å². The molecule has 0 aliphatic heterocycles. The average Bonchev–Trinajstić information content (AvgIpc) is 2.43. The van der Waals surface area contributed by atoms with Crippen molar-refractivity contribution < 1.29 is 4.79 Å². The topological polar surface area (TPSA) is 43.1 Å². The van der Waals surface area contributed by atoms with Gasteiger partial charge in [-0.25, -0.2) is 0 Å². The van der Waals surface area contributed by atoms with Gasteiger partial charge in [0.2, 0.25) is 5.91 Å². The number of hydrogen-bond donors (Lipinski definition) is 1. The third-order valence-corrected chi connectivity index (χ3v) is 3.68. The van der Waals surface area contributed by atoms with Crippen molar-refractivity contribution in [1.29, 1.82) is 0 Å². The second-order valence-corrected chi connectivity index (χ2v) is 5.80. The Balaban J connectivity index is 0. The first-order valence-corrected chi connectivity index (χ1v) is 8.70. The van der Waals surface area contributed by atoms with E-state index in [9.17, 15) is 4.79 Å². The Bertz CT molecular complexity index is 241. The molecule has 0 saturated heterocycles. The van der Waals surface area contributed by atoms with E-state index in [0.29, 0.717) is 6.42 Å². The molecule has 0 fully saturated rings. The van der Waals surface area contributed by atoms with Gasteiger partial charge in [0, 0.05) is 6.42 Å². The fraction of sp³-hybridized carbons (Fsp3) is 0.833. The Kier molecular flexibility index (Phi) is 21.6. The number of allylic oxidation sites excluding steroid dienone is 2. The van der Waals surface area contributed by atoms with Gasteiger partial charge in [-0.3, -0.25) is 4.79 Å². The molecule has 0 unspecified atom stereocenters. The molecule has 2 nitrogen and oxygen atoms in total. The van der Waals surface area contributed by atoms with Gasteiger partial charge in [-0.15, -0.1) is 0 Å². The van der Waals surface area contributed by atoms with Crippen molar-refractivity contribution in [2.45, 2.75) is 96.8 Å². The van der Waals surface area contributed by atoms with E-state index in [4.69, 9.17) is 5.73 Å². The summed E-state index contributed by atoms with van der Waals surface area (Å²) in [5, 5.41) is 0. The molecular formula is C18H37NOSe. The Morgan fingerprint density at radius 1 is 0.762 bits per heavy atom. The van der Waals surface area contributed by atoms with Crippen LogP contribution in [0.1, 0.15) is 96.8 Å². The van der Waals surface area contributed by atoms with Crippen LogP contribution in [0.2, 0.25) is 0 Å². The molecule has 0 rings (SSSR count). The van der Waals surface area contributed by atoms with Gasteiger partial charge in [0.1, 0.15) is 0 Å². The van der Waals surface area contributed by atoms with Crippen molar-refractivity contribution in [3.63, 3.8) is 0 Å². The monoisotopic (exact) mass is 363 g/mol. The van der Waals surface area contributed by atoms with Crippen molar-refractivity contribution in [1.82, 2.24) is 0 Å². The van der Waals surface area contributed by atoms with Gasteiger partial charge in [0.15, 0.2) is 0 Å². The van der Waals surface area contributed by atoms with Crippen LogP contribution in [0.25, 0.3) is 0 Å². The number of amides is 1. The molecule has 0 radical (unpaired) electrons. The fourth-order valence-corrected chi connectivity index (χ4v) is 2.37. The van der Waals surface area contributed by atoms with Crippen LogP contribution in [0.4, 0.5) is 0 Å². The van der Waals surface area contributed by atoms with Gasteiger partial charge in [0.25, 0.3) is 0 Å². The number of nitrogens with two attached hydrogens (primary N) is 1. The third kappa shape index (κ3) is 22.2. The van der Waals surface area contributed by atoms with E-state index in [0.717, 1.165) is 12.8 Å². The van der Waals surface area contributed by atoms with Crippen LogP contribution in [-0.2, 0) is 4.79 Å². The standard InChI is InChI=1S/C18H35NO.H2Se/c1-2-3-4-5-6-7-8-9-10-11-12-13-14-15-16-17-18(19)20;/h9-10H,2-8,11-17H2,1H3,(H2,19,20);1H2/b10-9-;. The predicted molar refractivity (Wildman–Crippen MR) is 97.2 cm³/mol. The molecule has 0 spiro atoms. The Morgan fingerprint density at radius 3 is 1.67 bits per heavy atom. The molecule has 3 heteroatoms. The molecule has 0 aromatic rings. The predicted octanol–water partition coefficient (Wildman–Crippen LogP) is 4.59. The number of hydrogen-bond acceptors (Lipinski definition) is 1. The zero-order valence-corrected chi connectivity index (χ0v) is 16.1. The first-order chi connectivity index (χ1) is 9.77. The summed E-state index contributed by atoms with van der Waals surface area (Å²) in [6.07, 6.45) is 21.9. The summed E-state index contributed by atoms with van der Waals surface area (Å²) in [6, 6.07) is 0. The van der Waals surface area contributed by atoms with Crippen molar-refractivity contribution in [3.05, 3.63) is 12.2 Å². The van der Waals surface area contributed by atoms with Crippen LogP contribution in [0.3, 0.4) is 0 Å². The third-order valence-electron chi connectivity index (χ3n) is 3.68. The molecule has 0 atom stereocenters. The van der Waals surface area contributed by atoms with Crippen molar-refractivity contribution in [3.8, 4) is 0 Å². The van der Waals surface area contributed by atoms with Gasteiger partial charge in [0.05, 0.1) is 0 Å². The summed E-state index contributed by atoms with van der Waals surface area (Å²) in [5.74, 6) is -0.164. The average molecular weight is 362 g/mol. The molecule has 0 aromatic carbocycles. The summed E-state index contributed by atoms with van der Waals surface area (Å²) in [4.78, 5) is 10.5. The molecule has 1 amide bonds. The minimum atomic E-state index is -0.164. The fourth-order valence-electron chi connectivity index (χ4n) is 2.37. The van der Waals surface area contributed by atoms with Crippen molar-refractivity contribution in [2.24, 2.45) is 5.73 Å². The van der Waals surface area contributed by atoms with Crippen LogP contribution in [0, 0.1) is 0 Å². The first kappa shape index (κ1) is 23.0. The Morgan fingerprint density at radius 2 is 1.19 bits per heavy atom. The Labute approximate surface area is 142 Å². The van der Waals surface area contributed by atoms with Crippen molar-refractivity contribution >= 4 is 23.0 Å². The molecule has 21 heavy (non-hydrogen) atoms.